The Morgan fingerprint density at radius 3 is 2.90 bits per heavy atom. The molecule has 0 aliphatic carbocycles. The molecule has 0 radical (unpaired) electrons. The lowest BCUT2D eigenvalue weighted by Crippen LogP contribution is -2.32. The zero-order valence-corrected chi connectivity index (χ0v) is 12.3. The summed E-state index contributed by atoms with van der Waals surface area (Å²) in [5.74, 6) is 0.164. The van der Waals surface area contributed by atoms with Crippen LogP contribution in [0, 0.1) is 6.92 Å². The van der Waals surface area contributed by atoms with Gasteiger partial charge in [-0.1, -0.05) is 42.0 Å². The van der Waals surface area contributed by atoms with Crippen LogP contribution in [0.3, 0.4) is 0 Å². The van der Waals surface area contributed by atoms with E-state index in [0.29, 0.717) is 6.42 Å². The topological polar surface area (TPSA) is 32.3 Å². The van der Waals surface area contributed by atoms with Gasteiger partial charge in [0.1, 0.15) is 0 Å². The van der Waals surface area contributed by atoms with Crippen LogP contribution >= 0.6 is 0 Å². The maximum Gasteiger partial charge on any atom is 0.231 e. The molecule has 0 fully saturated rings. The van der Waals surface area contributed by atoms with Gasteiger partial charge in [0.15, 0.2) is 0 Å². The predicted octanol–water partition coefficient (Wildman–Crippen LogP) is 3.39. The highest BCUT2D eigenvalue weighted by Gasteiger charge is 2.20. The van der Waals surface area contributed by atoms with E-state index in [1.54, 1.807) is 0 Å². The lowest BCUT2D eigenvalue weighted by Gasteiger charge is -2.22. The van der Waals surface area contributed by atoms with Crippen LogP contribution in [0.5, 0.6) is 0 Å². The van der Waals surface area contributed by atoms with Gasteiger partial charge in [-0.25, -0.2) is 0 Å². The fourth-order valence-electron chi connectivity index (χ4n) is 2.79. The molecule has 1 N–H and O–H groups in total. The second kappa shape index (κ2) is 6.00. The summed E-state index contributed by atoms with van der Waals surface area (Å²) >= 11 is 0. The van der Waals surface area contributed by atoms with Crippen LogP contribution < -0.4 is 10.2 Å². The Morgan fingerprint density at radius 1 is 1.19 bits per heavy atom. The maximum absolute atomic E-state index is 12.7. The Kier molecular flexibility index (Phi) is 3.91. The molecule has 0 unspecified atom stereocenters. The van der Waals surface area contributed by atoms with Gasteiger partial charge in [0.25, 0.3) is 0 Å². The van der Waals surface area contributed by atoms with Gasteiger partial charge in [-0.15, -0.1) is 0 Å². The van der Waals surface area contributed by atoms with Crippen LogP contribution in [0.25, 0.3) is 0 Å². The average molecular weight is 280 g/mol. The average Bonchev–Trinajstić information content (AvgIpc) is 2.69. The number of aryl methyl sites for hydroxylation is 1. The smallest absolute Gasteiger partial charge is 0.231 e. The highest BCUT2D eigenvalue weighted by Crippen LogP contribution is 2.28. The van der Waals surface area contributed by atoms with E-state index in [2.05, 4.69) is 24.4 Å². The minimum absolute atomic E-state index is 0.164. The van der Waals surface area contributed by atoms with Crippen molar-refractivity contribution in [3.8, 4) is 0 Å². The van der Waals surface area contributed by atoms with Crippen molar-refractivity contribution in [3.63, 3.8) is 0 Å². The Hall–Kier alpha value is -2.29. The predicted molar refractivity (Wildman–Crippen MR) is 86.8 cm³/mol. The number of anilines is 2. The molecule has 2 aromatic rings. The number of fused-ring (bicyclic) bond motifs is 1. The summed E-state index contributed by atoms with van der Waals surface area (Å²) in [6, 6.07) is 16.2. The number of carbonyl (C=O) groups is 1. The first-order valence-electron chi connectivity index (χ1n) is 7.43. The van der Waals surface area contributed by atoms with E-state index in [1.807, 2.05) is 41.3 Å². The van der Waals surface area contributed by atoms with E-state index in [-0.39, 0.29) is 5.91 Å². The standard InChI is InChI=1S/C18H20N2O/c1-14-6-4-7-15(12-14)13-18(21)20-11-5-10-19-16-8-2-3-9-17(16)20/h2-4,6-9,12,19H,5,10-11,13H2,1H3. The summed E-state index contributed by atoms with van der Waals surface area (Å²) in [6.45, 7) is 3.74. The van der Waals surface area contributed by atoms with Gasteiger partial charge >= 0.3 is 0 Å². The molecular formula is C18H20N2O. The van der Waals surface area contributed by atoms with E-state index in [0.717, 1.165) is 36.4 Å². The number of hydrogen-bond donors (Lipinski definition) is 1. The highest BCUT2D eigenvalue weighted by atomic mass is 16.2. The van der Waals surface area contributed by atoms with Crippen molar-refractivity contribution < 1.29 is 4.79 Å². The summed E-state index contributed by atoms with van der Waals surface area (Å²) in [6.07, 6.45) is 1.42. The second-order valence-corrected chi connectivity index (χ2v) is 5.51. The number of hydrogen-bond acceptors (Lipinski definition) is 2. The molecule has 108 valence electrons. The second-order valence-electron chi connectivity index (χ2n) is 5.51. The molecule has 0 aromatic heterocycles. The third-order valence-electron chi connectivity index (χ3n) is 3.81. The van der Waals surface area contributed by atoms with Gasteiger partial charge in [-0.3, -0.25) is 4.79 Å². The van der Waals surface area contributed by atoms with Crippen molar-refractivity contribution in [1.29, 1.82) is 0 Å². The van der Waals surface area contributed by atoms with Crippen LogP contribution in [-0.2, 0) is 11.2 Å². The van der Waals surface area contributed by atoms with Gasteiger partial charge in [0, 0.05) is 13.1 Å². The molecule has 21 heavy (non-hydrogen) atoms. The summed E-state index contributed by atoms with van der Waals surface area (Å²) in [5, 5.41) is 3.39. The molecule has 0 saturated carbocycles. The molecular weight excluding hydrogens is 260 g/mol. The number of nitrogens with zero attached hydrogens (tertiary/aromatic N) is 1. The van der Waals surface area contributed by atoms with Gasteiger partial charge in [-0.05, 0) is 31.0 Å². The van der Waals surface area contributed by atoms with E-state index in [9.17, 15) is 4.79 Å². The first-order valence-corrected chi connectivity index (χ1v) is 7.43. The SMILES string of the molecule is Cc1cccc(CC(=O)N2CCCNc3ccccc32)c1. The normalized spacial score (nSPS) is 14.0. The maximum atomic E-state index is 12.7. The van der Waals surface area contributed by atoms with Crippen LogP contribution in [-0.4, -0.2) is 19.0 Å². The summed E-state index contributed by atoms with van der Waals surface area (Å²) in [4.78, 5) is 14.6. The zero-order chi connectivity index (χ0) is 14.7. The molecule has 0 saturated heterocycles. The molecule has 3 nitrogen and oxygen atoms in total. The summed E-state index contributed by atoms with van der Waals surface area (Å²) in [7, 11) is 0. The number of nitrogens with one attached hydrogen (secondary N) is 1. The number of para-hydroxylation sites is 2. The van der Waals surface area contributed by atoms with Crippen molar-refractivity contribution in [2.75, 3.05) is 23.3 Å². The molecule has 1 amide bonds. The molecule has 0 spiro atoms. The van der Waals surface area contributed by atoms with Crippen molar-refractivity contribution >= 4 is 17.3 Å². The van der Waals surface area contributed by atoms with Gasteiger partial charge < -0.3 is 10.2 Å². The number of benzene rings is 2. The van der Waals surface area contributed by atoms with Gasteiger partial charge in [0.05, 0.1) is 17.8 Å². The first-order chi connectivity index (χ1) is 10.2. The lowest BCUT2D eigenvalue weighted by atomic mass is 10.1. The largest absolute Gasteiger partial charge is 0.383 e. The van der Waals surface area contributed by atoms with Crippen LogP contribution in [0.2, 0.25) is 0 Å². The minimum Gasteiger partial charge on any atom is -0.383 e. The molecule has 1 aliphatic rings. The van der Waals surface area contributed by atoms with E-state index < -0.39 is 0 Å². The molecule has 3 rings (SSSR count). The Labute approximate surface area is 125 Å². The number of rotatable bonds is 2. The Bertz CT molecular complexity index is 651. The molecule has 3 heteroatoms. The van der Waals surface area contributed by atoms with Gasteiger partial charge in [-0.2, -0.15) is 0 Å². The van der Waals surface area contributed by atoms with Crippen LogP contribution in [0.4, 0.5) is 11.4 Å². The molecule has 0 bridgehead atoms. The molecule has 2 aromatic carbocycles. The third-order valence-corrected chi connectivity index (χ3v) is 3.81. The quantitative estimate of drug-likeness (QED) is 0.914. The van der Waals surface area contributed by atoms with E-state index >= 15 is 0 Å². The fraction of sp³-hybridized carbons (Fsp3) is 0.278. The monoisotopic (exact) mass is 280 g/mol. The van der Waals surface area contributed by atoms with E-state index in [4.69, 9.17) is 0 Å². The Morgan fingerprint density at radius 2 is 2.05 bits per heavy atom. The van der Waals surface area contributed by atoms with Crippen molar-refractivity contribution in [2.45, 2.75) is 19.8 Å². The molecule has 1 aliphatic heterocycles. The fourth-order valence-corrected chi connectivity index (χ4v) is 2.79. The van der Waals surface area contributed by atoms with Crippen molar-refractivity contribution in [3.05, 3.63) is 59.7 Å². The van der Waals surface area contributed by atoms with E-state index in [1.165, 1.54) is 5.56 Å². The Balaban J connectivity index is 1.84. The van der Waals surface area contributed by atoms with Crippen LogP contribution in [0.1, 0.15) is 17.5 Å². The lowest BCUT2D eigenvalue weighted by molar-refractivity contribution is -0.118. The van der Waals surface area contributed by atoms with Crippen molar-refractivity contribution in [1.82, 2.24) is 0 Å². The van der Waals surface area contributed by atoms with Crippen molar-refractivity contribution in [2.24, 2.45) is 0 Å². The number of amides is 1. The molecule has 1 heterocycles. The highest BCUT2D eigenvalue weighted by molar-refractivity contribution is 5.98. The van der Waals surface area contributed by atoms with Crippen LogP contribution in [0.15, 0.2) is 48.5 Å². The summed E-state index contributed by atoms with van der Waals surface area (Å²) < 4.78 is 0. The minimum atomic E-state index is 0.164. The third kappa shape index (κ3) is 3.07. The number of carbonyl (C=O) groups excluding carboxylic acids is 1. The zero-order valence-electron chi connectivity index (χ0n) is 12.3. The molecule has 0 atom stereocenters. The summed E-state index contributed by atoms with van der Waals surface area (Å²) in [5.41, 5.74) is 4.31. The van der Waals surface area contributed by atoms with Gasteiger partial charge in [0.2, 0.25) is 5.91 Å². The first kappa shape index (κ1) is 13.7.